The Balaban J connectivity index is 1.52. The van der Waals surface area contributed by atoms with Crippen molar-refractivity contribution in [1.29, 1.82) is 0 Å². The number of aromatic nitrogens is 3. The molecule has 1 aliphatic heterocycles. The van der Waals surface area contributed by atoms with Gasteiger partial charge in [-0.05, 0) is 37.8 Å². The molecule has 6 heteroatoms. The largest absolute Gasteiger partial charge is 0.374 e. The summed E-state index contributed by atoms with van der Waals surface area (Å²) in [5.74, 6) is 1.42. The molecular formula is C17H21N5O. The van der Waals surface area contributed by atoms with Crippen molar-refractivity contribution in [2.45, 2.75) is 32.2 Å². The normalized spacial score (nSPS) is 20.3. The van der Waals surface area contributed by atoms with Crippen molar-refractivity contribution in [3.05, 3.63) is 35.7 Å². The third kappa shape index (κ3) is 2.58. The van der Waals surface area contributed by atoms with E-state index in [1.807, 2.05) is 26.1 Å². The zero-order valence-corrected chi connectivity index (χ0v) is 13.5. The fraction of sp³-hybridized carbons (Fsp3) is 0.471. The van der Waals surface area contributed by atoms with Crippen LogP contribution in [0.25, 0.3) is 0 Å². The fourth-order valence-electron chi connectivity index (χ4n) is 3.43. The lowest BCUT2D eigenvalue weighted by molar-refractivity contribution is -0.119. The number of carbonyl (C=O) groups is 1. The van der Waals surface area contributed by atoms with Gasteiger partial charge in [-0.1, -0.05) is 18.2 Å². The van der Waals surface area contributed by atoms with E-state index in [0.717, 1.165) is 31.6 Å². The smallest absolute Gasteiger partial charge is 0.231 e. The molecule has 0 saturated heterocycles. The number of para-hydroxylation sites is 1. The van der Waals surface area contributed by atoms with E-state index < -0.39 is 0 Å². The van der Waals surface area contributed by atoms with E-state index in [0.29, 0.717) is 12.0 Å². The third-order valence-corrected chi connectivity index (χ3v) is 4.75. The predicted octanol–water partition coefficient (Wildman–Crippen LogP) is 2.17. The molecule has 1 aromatic carbocycles. The van der Waals surface area contributed by atoms with Crippen molar-refractivity contribution in [2.24, 2.45) is 5.92 Å². The molecule has 4 rings (SSSR count). The van der Waals surface area contributed by atoms with Gasteiger partial charge in [-0.15, -0.1) is 10.2 Å². The average molecular weight is 311 g/mol. The number of fused-ring (bicyclic) bond motifs is 1. The Hall–Kier alpha value is -2.37. The second kappa shape index (κ2) is 5.37. The van der Waals surface area contributed by atoms with Crippen molar-refractivity contribution in [1.82, 2.24) is 14.8 Å². The molecule has 0 radical (unpaired) electrons. The maximum atomic E-state index is 12.7. The fourth-order valence-corrected chi connectivity index (χ4v) is 3.43. The van der Waals surface area contributed by atoms with E-state index in [1.54, 1.807) is 0 Å². The van der Waals surface area contributed by atoms with Crippen LogP contribution in [0.2, 0.25) is 0 Å². The summed E-state index contributed by atoms with van der Waals surface area (Å²) in [4.78, 5) is 14.9. The molecule has 6 nitrogen and oxygen atoms in total. The maximum absolute atomic E-state index is 12.7. The molecule has 120 valence electrons. The lowest BCUT2D eigenvalue weighted by atomic mass is 9.92. The molecule has 1 amide bonds. The van der Waals surface area contributed by atoms with Crippen LogP contribution in [0, 0.1) is 12.8 Å². The molecule has 2 aliphatic rings. The van der Waals surface area contributed by atoms with Gasteiger partial charge < -0.3 is 4.90 Å². The van der Waals surface area contributed by atoms with Crippen LogP contribution < -0.4 is 10.2 Å². The number of aryl methyl sites for hydroxylation is 1. The van der Waals surface area contributed by atoms with E-state index in [9.17, 15) is 4.79 Å². The van der Waals surface area contributed by atoms with Gasteiger partial charge in [0, 0.05) is 25.3 Å². The molecule has 2 aromatic rings. The van der Waals surface area contributed by atoms with Gasteiger partial charge in [-0.2, -0.15) is 0 Å². The Morgan fingerprint density at radius 2 is 2.04 bits per heavy atom. The highest BCUT2D eigenvalue weighted by Gasteiger charge is 2.31. The van der Waals surface area contributed by atoms with Crippen molar-refractivity contribution in [2.75, 3.05) is 23.8 Å². The summed E-state index contributed by atoms with van der Waals surface area (Å²) in [5.41, 5.74) is 2.44. The summed E-state index contributed by atoms with van der Waals surface area (Å²) in [6.07, 6.45) is 3.05. The highest BCUT2D eigenvalue weighted by atomic mass is 16.2. The number of anilines is 2. The van der Waals surface area contributed by atoms with E-state index in [2.05, 4.69) is 37.1 Å². The van der Waals surface area contributed by atoms with Crippen molar-refractivity contribution >= 4 is 17.5 Å². The lowest BCUT2D eigenvalue weighted by Crippen LogP contribution is -2.39. The highest BCUT2D eigenvalue weighted by Crippen LogP contribution is 2.38. The van der Waals surface area contributed by atoms with Crippen LogP contribution in [0.3, 0.4) is 0 Å². The number of hydrogen-bond donors (Lipinski definition) is 1. The number of carbonyl (C=O) groups excluding carboxylic acids is 1. The van der Waals surface area contributed by atoms with Crippen molar-refractivity contribution in [3.8, 4) is 0 Å². The minimum Gasteiger partial charge on any atom is -0.374 e. The summed E-state index contributed by atoms with van der Waals surface area (Å²) >= 11 is 0. The van der Waals surface area contributed by atoms with Crippen LogP contribution in [-0.2, 0) is 11.2 Å². The second-order valence-corrected chi connectivity index (χ2v) is 6.57. The van der Waals surface area contributed by atoms with Gasteiger partial charge in [0.25, 0.3) is 0 Å². The van der Waals surface area contributed by atoms with Gasteiger partial charge in [0.2, 0.25) is 11.9 Å². The van der Waals surface area contributed by atoms with Crippen LogP contribution in [0.1, 0.15) is 30.3 Å². The van der Waals surface area contributed by atoms with E-state index in [-0.39, 0.29) is 11.8 Å². The summed E-state index contributed by atoms with van der Waals surface area (Å²) in [6, 6.07) is 8.73. The summed E-state index contributed by atoms with van der Waals surface area (Å²) in [5, 5.41) is 11.3. The molecule has 2 heterocycles. The highest BCUT2D eigenvalue weighted by molar-refractivity contribution is 5.92. The first kappa shape index (κ1) is 14.2. The third-order valence-electron chi connectivity index (χ3n) is 4.75. The van der Waals surface area contributed by atoms with Gasteiger partial charge in [-0.25, -0.2) is 0 Å². The van der Waals surface area contributed by atoms with Gasteiger partial charge in [0.1, 0.15) is 5.82 Å². The molecule has 0 bridgehead atoms. The first-order valence-corrected chi connectivity index (χ1v) is 8.15. The molecule has 1 fully saturated rings. The zero-order chi connectivity index (χ0) is 16.0. The van der Waals surface area contributed by atoms with Crippen LogP contribution in [-0.4, -0.2) is 34.3 Å². The minimum absolute atomic E-state index is 0.0284. The minimum atomic E-state index is -0.0699. The zero-order valence-electron chi connectivity index (χ0n) is 13.5. The Morgan fingerprint density at radius 3 is 2.83 bits per heavy atom. The summed E-state index contributed by atoms with van der Waals surface area (Å²) in [7, 11) is 2.04. The molecule has 0 spiro atoms. The average Bonchev–Trinajstić information content (AvgIpc) is 3.31. The Bertz CT molecular complexity index is 749. The molecule has 1 saturated carbocycles. The standard InChI is InChI=1S/C17H21N5O/c1-11-19-20-17(22(11)14-7-8-14)18-16(23)13-9-12-5-3-4-6-15(12)21(2)10-13/h3-6,13-14H,7-10H2,1-2H3,(H,18,20,23). The van der Waals surface area contributed by atoms with E-state index >= 15 is 0 Å². The summed E-state index contributed by atoms with van der Waals surface area (Å²) < 4.78 is 2.05. The van der Waals surface area contributed by atoms with Crippen molar-refractivity contribution < 1.29 is 4.79 Å². The van der Waals surface area contributed by atoms with Crippen molar-refractivity contribution in [3.63, 3.8) is 0 Å². The molecule has 1 atom stereocenters. The Kier molecular flexibility index (Phi) is 3.32. The molecule has 1 aliphatic carbocycles. The molecule has 1 unspecified atom stereocenters. The summed E-state index contributed by atoms with van der Waals surface area (Å²) in [6.45, 7) is 2.66. The van der Waals surface area contributed by atoms with Gasteiger partial charge >= 0.3 is 0 Å². The number of nitrogens with one attached hydrogen (secondary N) is 1. The first-order valence-electron chi connectivity index (χ1n) is 8.15. The van der Waals surface area contributed by atoms with Crippen LogP contribution in [0.15, 0.2) is 24.3 Å². The molecule has 1 aromatic heterocycles. The molecular weight excluding hydrogens is 290 g/mol. The monoisotopic (exact) mass is 311 g/mol. The first-order chi connectivity index (χ1) is 11.1. The quantitative estimate of drug-likeness (QED) is 0.943. The predicted molar refractivity (Wildman–Crippen MR) is 88.6 cm³/mol. The SMILES string of the molecule is Cc1nnc(NC(=O)C2Cc3ccccc3N(C)C2)n1C1CC1. The van der Waals surface area contributed by atoms with Gasteiger partial charge in [0.15, 0.2) is 0 Å². The second-order valence-electron chi connectivity index (χ2n) is 6.57. The number of amides is 1. The van der Waals surface area contributed by atoms with Crippen LogP contribution >= 0.6 is 0 Å². The molecule has 1 N–H and O–H groups in total. The Morgan fingerprint density at radius 1 is 1.26 bits per heavy atom. The van der Waals surface area contributed by atoms with Crippen LogP contribution in [0.4, 0.5) is 11.6 Å². The van der Waals surface area contributed by atoms with E-state index in [1.165, 1.54) is 11.3 Å². The topological polar surface area (TPSA) is 63.1 Å². The van der Waals surface area contributed by atoms with Gasteiger partial charge in [-0.3, -0.25) is 14.7 Å². The lowest BCUT2D eigenvalue weighted by Gasteiger charge is -2.32. The van der Waals surface area contributed by atoms with Crippen LogP contribution in [0.5, 0.6) is 0 Å². The Labute approximate surface area is 135 Å². The number of nitrogens with zero attached hydrogens (tertiary/aromatic N) is 4. The maximum Gasteiger partial charge on any atom is 0.231 e. The molecule has 23 heavy (non-hydrogen) atoms. The van der Waals surface area contributed by atoms with E-state index in [4.69, 9.17) is 0 Å². The number of rotatable bonds is 3. The van der Waals surface area contributed by atoms with Gasteiger partial charge in [0.05, 0.1) is 5.92 Å². The number of benzene rings is 1. The number of hydrogen-bond acceptors (Lipinski definition) is 4.